The Balaban J connectivity index is 0.00000242. The lowest BCUT2D eigenvalue weighted by Crippen LogP contribution is -2.37. The summed E-state index contributed by atoms with van der Waals surface area (Å²) in [4.78, 5) is 9.76. The van der Waals surface area contributed by atoms with Gasteiger partial charge in [-0.25, -0.2) is 4.98 Å². The van der Waals surface area contributed by atoms with Crippen LogP contribution in [-0.2, 0) is 13.0 Å². The molecule has 2 aromatic rings. The van der Waals surface area contributed by atoms with E-state index in [1.807, 2.05) is 12.1 Å². The molecular weight excluding hydrogens is 411 g/mol. The Morgan fingerprint density at radius 1 is 1.32 bits per heavy atom. The number of hydrogen-bond acceptors (Lipinski definition) is 4. The van der Waals surface area contributed by atoms with E-state index in [1.165, 1.54) is 4.88 Å². The van der Waals surface area contributed by atoms with Gasteiger partial charge in [-0.2, -0.15) is 0 Å². The molecule has 0 aliphatic rings. The second kappa shape index (κ2) is 10.4. The van der Waals surface area contributed by atoms with Crippen LogP contribution in [0.3, 0.4) is 0 Å². The number of nitrogens with one attached hydrogen (secondary N) is 2. The first-order chi connectivity index (χ1) is 10.3. The predicted molar refractivity (Wildman–Crippen MR) is 102 cm³/mol. The summed E-state index contributed by atoms with van der Waals surface area (Å²) in [5.41, 5.74) is 1.08. The fourth-order valence-corrected chi connectivity index (χ4v) is 2.51. The van der Waals surface area contributed by atoms with E-state index in [0.717, 1.165) is 24.5 Å². The van der Waals surface area contributed by atoms with Crippen LogP contribution in [0.5, 0.6) is 5.88 Å². The van der Waals surface area contributed by atoms with Crippen LogP contribution in [0.15, 0.2) is 40.8 Å². The SMILES string of the molecule is CN=C(NCCc1cccs1)NCc1ccc(OC)nc1.I. The molecule has 22 heavy (non-hydrogen) atoms. The van der Waals surface area contributed by atoms with E-state index in [4.69, 9.17) is 4.74 Å². The highest BCUT2D eigenvalue weighted by atomic mass is 127. The zero-order valence-electron chi connectivity index (χ0n) is 12.7. The number of methoxy groups -OCH3 is 1. The number of halogens is 1. The van der Waals surface area contributed by atoms with Crippen molar-refractivity contribution < 1.29 is 4.74 Å². The highest BCUT2D eigenvalue weighted by Gasteiger charge is 2.00. The van der Waals surface area contributed by atoms with E-state index < -0.39 is 0 Å². The lowest BCUT2D eigenvalue weighted by Gasteiger charge is -2.11. The molecule has 0 radical (unpaired) electrons. The number of ether oxygens (including phenoxy) is 1. The third-order valence-corrected chi connectivity index (χ3v) is 3.87. The molecular formula is C15H21IN4OS. The Labute approximate surface area is 152 Å². The number of rotatable bonds is 6. The first-order valence-electron chi connectivity index (χ1n) is 6.77. The molecule has 2 heterocycles. The van der Waals surface area contributed by atoms with Gasteiger partial charge in [-0.05, 0) is 23.4 Å². The standard InChI is InChI=1S/C15H20N4OS.HI/c1-16-15(17-8-7-13-4-3-9-21-13)19-11-12-5-6-14(20-2)18-10-12;/h3-6,9-10H,7-8,11H2,1-2H3,(H2,16,17,19);1H. The van der Waals surface area contributed by atoms with Crippen LogP contribution in [0.2, 0.25) is 0 Å². The molecule has 0 saturated heterocycles. The Hall–Kier alpha value is -1.35. The van der Waals surface area contributed by atoms with E-state index in [1.54, 1.807) is 31.7 Å². The molecule has 0 spiro atoms. The van der Waals surface area contributed by atoms with Crippen molar-refractivity contribution in [2.45, 2.75) is 13.0 Å². The van der Waals surface area contributed by atoms with Crippen molar-refractivity contribution in [2.75, 3.05) is 20.7 Å². The molecule has 0 bridgehead atoms. The average Bonchev–Trinajstić information content (AvgIpc) is 3.04. The largest absolute Gasteiger partial charge is 0.481 e. The van der Waals surface area contributed by atoms with Crippen LogP contribution in [0.4, 0.5) is 0 Å². The molecule has 5 nitrogen and oxygen atoms in total. The number of pyridine rings is 1. The Morgan fingerprint density at radius 3 is 2.77 bits per heavy atom. The number of nitrogens with zero attached hydrogens (tertiary/aromatic N) is 2. The summed E-state index contributed by atoms with van der Waals surface area (Å²) in [6.07, 6.45) is 2.80. The van der Waals surface area contributed by atoms with Gasteiger partial charge in [0.05, 0.1) is 7.11 Å². The quantitative estimate of drug-likeness (QED) is 0.419. The van der Waals surface area contributed by atoms with Crippen molar-refractivity contribution in [3.63, 3.8) is 0 Å². The van der Waals surface area contributed by atoms with Gasteiger partial charge < -0.3 is 15.4 Å². The fourth-order valence-electron chi connectivity index (χ4n) is 1.80. The average molecular weight is 432 g/mol. The van der Waals surface area contributed by atoms with E-state index >= 15 is 0 Å². The van der Waals surface area contributed by atoms with Crippen LogP contribution < -0.4 is 15.4 Å². The maximum atomic E-state index is 5.04. The van der Waals surface area contributed by atoms with Gasteiger partial charge in [0.15, 0.2) is 5.96 Å². The van der Waals surface area contributed by atoms with Gasteiger partial charge in [0.1, 0.15) is 0 Å². The van der Waals surface area contributed by atoms with Crippen LogP contribution in [-0.4, -0.2) is 31.6 Å². The first kappa shape index (κ1) is 18.7. The lowest BCUT2D eigenvalue weighted by atomic mass is 10.3. The lowest BCUT2D eigenvalue weighted by molar-refractivity contribution is 0.397. The van der Waals surface area contributed by atoms with Crippen molar-refractivity contribution in [1.82, 2.24) is 15.6 Å². The normalized spacial score (nSPS) is 10.7. The zero-order valence-corrected chi connectivity index (χ0v) is 15.9. The third-order valence-electron chi connectivity index (χ3n) is 2.93. The Morgan fingerprint density at radius 2 is 2.18 bits per heavy atom. The molecule has 0 aliphatic carbocycles. The van der Waals surface area contributed by atoms with Crippen LogP contribution >= 0.6 is 35.3 Å². The minimum atomic E-state index is 0. The van der Waals surface area contributed by atoms with Crippen molar-refractivity contribution in [1.29, 1.82) is 0 Å². The van der Waals surface area contributed by atoms with E-state index in [9.17, 15) is 0 Å². The molecule has 0 atom stereocenters. The van der Waals surface area contributed by atoms with Crippen molar-refractivity contribution in [3.8, 4) is 5.88 Å². The topological polar surface area (TPSA) is 58.5 Å². The molecule has 0 amide bonds. The van der Waals surface area contributed by atoms with Gasteiger partial charge >= 0.3 is 0 Å². The molecule has 2 rings (SSSR count). The maximum absolute atomic E-state index is 5.04. The maximum Gasteiger partial charge on any atom is 0.212 e. The first-order valence-corrected chi connectivity index (χ1v) is 7.65. The van der Waals surface area contributed by atoms with Crippen molar-refractivity contribution in [3.05, 3.63) is 46.3 Å². The summed E-state index contributed by atoms with van der Waals surface area (Å²) < 4.78 is 5.04. The summed E-state index contributed by atoms with van der Waals surface area (Å²) in [5, 5.41) is 8.66. The van der Waals surface area contributed by atoms with Crippen molar-refractivity contribution >= 4 is 41.3 Å². The monoisotopic (exact) mass is 432 g/mol. The van der Waals surface area contributed by atoms with Crippen LogP contribution in [0.25, 0.3) is 0 Å². The number of aliphatic imine (C=N–C) groups is 1. The second-order valence-corrected chi connectivity index (χ2v) is 5.42. The molecule has 0 fully saturated rings. The molecule has 2 N–H and O–H groups in total. The Kier molecular flexibility index (Phi) is 8.83. The van der Waals surface area contributed by atoms with Crippen molar-refractivity contribution in [2.24, 2.45) is 4.99 Å². The predicted octanol–water partition coefficient (Wildman–Crippen LogP) is 2.68. The minimum Gasteiger partial charge on any atom is -0.481 e. The van der Waals surface area contributed by atoms with Gasteiger partial charge in [-0.1, -0.05) is 12.1 Å². The van der Waals surface area contributed by atoms with Gasteiger partial charge in [0.25, 0.3) is 0 Å². The summed E-state index contributed by atoms with van der Waals surface area (Å²) in [5.74, 6) is 1.42. The highest BCUT2D eigenvalue weighted by molar-refractivity contribution is 14.0. The summed E-state index contributed by atoms with van der Waals surface area (Å²) >= 11 is 1.78. The van der Waals surface area contributed by atoms with E-state index in [2.05, 4.69) is 38.1 Å². The second-order valence-electron chi connectivity index (χ2n) is 4.39. The Bertz CT molecular complexity index is 557. The fraction of sp³-hybridized carbons (Fsp3) is 0.333. The number of aromatic nitrogens is 1. The number of hydrogen-bond donors (Lipinski definition) is 2. The molecule has 120 valence electrons. The van der Waals surface area contributed by atoms with Crippen LogP contribution in [0.1, 0.15) is 10.4 Å². The molecule has 2 aromatic heterocycles. The molecule has 7 heteroatoms. The van der Waals surface area contributed by atoms with Gasteiger partial charge in [0.2, 0.25) is 5.88 Å². The van der Waals surface area contributed by atoms with E-state index in [-0.39, 0.29) is 24.0 Å². The van der Waals surface area contributed by atoms with Gasteiger partial charge in [0, 0.05) is 37.3 Å². The van der Waals surface area contributed by atoms with Gasteiger partial charge in [-0.3, -0.25) is 4.99 Å². The summed E-state index contributed by atoms with van der Waals surface area (Å²) in [6, 6.07) is 8.05. The molecule has 0 unspecified atom stereocenters. The molecule has 0 aliphatic heterocycles. The zero-order chi connectivity index (χ0) is 14.9. The smallest absolute Gasteiger partial charge is 0.212 e. The highest BCUT2D eigenvalue weighted by Crippen LogP contribution is 2.08. The number of guanidine groups is 1. The summed E-state index contributed by atoms with van der Waals surface area (Å²) in [7, 11) is 3.38. The van der Waals surface area contributed by atoms with Crippen LogP contribution in [0, 0.1) is 0 Å². The van der Waals surface area contributed by atoms with Gasteiger partial charge in [-0.15, -0.1) is 35.3 Å². The minimum absolute atomic E-state index is 0. The van der Waals surface area contributed by atoms with E-state index in [0.29, 0.717) is 12.4 Å². The summed E-state index contributed by atoms with van der Waals surface area (Å²) in [6.45, 7) is 1.54. The number of thiophene rings is 1. The third kappa shape index (κ3) is 6.18. The molecule has 0 saturated carbocycles. The molecule has 0 aromatic carbocycles.